The molecule has 0 aromatic carbocycles. The maximum atomic E-state index is 2.36. The van der Waals surface area contributed by atoms with Crippen molar-refractivity contribution in [2.24, 2.45) is 11.3 Å². The van der Waals surface area contributed by atoms with Gasteiger partial charge < -0.3 is 0 Å². The lowest BCUT2D eigenvalue weighted by Crippen LogP contribution is -2.19. The van der Waals surface area contributed by atoms with Gasteiger partial charge in [-0.1, -0.05) is 44.1 Å². The maximum Gasteiger partial charge on any atom is -0.0112 e. The van der Waals surface area contributed by atoms with Crippen LogP contribution in [0.1, 0.15) is 41.0 Å². The molecule has 1 aliphatic rings. The molecule has 1 aliphatic carbocycles. The first kappa shape index (κ1) is 9.57. The van der Waals surface area contributed by atoms with E-state index in [4.69, 9.17) is 0 Å². The highest BCUT2D eigenvalue weighted by Gasteiger charge is 2.26. The first-order chi connectivity index (χ1) is 5.45. The van der Waals surface area contributed by atoms with Crippen LogP contribution in [0, 0.1) is 11.3 Å². The molecule has 0 amide bonds. The van der Waals surface area contributed by atoms with E-state index in [-0.39, 0.29) is 0 Å². The molecule has 1 unspecified atom stereocenters. The Kier molecular flexibility index (Phi) is 2.46. The molecule has 1 rings (SSSR count). The summed E-state index contributed by atoms with van der Waals surface area (Å²) >= 11 is 0. The van der Waals surface area contributed by atoms with E-state index in [0.29, 0.717) is 11.3 Å². The Balaban J connectivity index is 3.04. The summed E-state index contributed by atoms with van der Waals surface area (Å²) in [4.78, 5) is 0. The average molecular weight is 164 g/mol. The Morgan fingerprint density at radius 2 is 1.92 bits per heavy atom. The number of hydrogen-bond acceptors (Lipinski definition) is 0. The molecule has 0 N–H and O–H groups in total. The second kappa shape index (κ2) is 3.08. The third-order valence-corrected chi connectivity index (χ3v) is 3.41. The molecular formula is C12H20. The summed E-state index contributed by atoms with van der Waals surface area (Å²) in [6.07, 6.45) is 5.81. The quantitative estimate of drug-likeness (QED) is 0.476. The van der Waals surface area contributed by atoms with Crippen LogP contribution in [0.15, 0.2) is 23.3 Å². The van der Waals surface area contributed by atoms with Crippen LogP contribution in [-0.4, -0.2) is 0 Å². The number of hydrogen-bond donors (Lipinski definition) is 0. The van der Waals surface area contributed by atoms with Crippen LogP contribution >= 0.6 is 0 Å². The fourth-order valence-electron chi connectivity index (χ4n) is 1.77. The van der Waals surface area contributed by atoms with Crippen LogP contribution in [0.5, 0.6) is 0 Å². The molecule has 0 heterocycles. The molecule has 68 valence electrons. The molecule has 1 atom stereocenters. The minimum atomic E-state index is 0.335. The summed E-state index contributed by atoms with van der Waals surface area (Å²) in [6, 6.07) is 0. The SMILES string of the molecule is CC1=C(C)C(C)C(C)(C)C=CC1. The van der Waals surface area contributed by atoms with Crippen LogP contribution in [0.25, 0.3) is 0 Å². The largest absolute Gasteiger partial charge is 0.0839 e. The topological polar surface area (TPSA) is 0 Å². The molecule has 0 aliphatic heterocycles. The van der Waals surface area contributed by atoms with Crippen molar-refractivity contribution in [3.05, 3.63) is 23.3 Å². The third-order valence-electron chi connectivity index (χ3n) is 3.41. The molecule has 0 aromatic rings. The number of allylic oxidation sites excluding steroid dienone is 4. The molecule has 0 saturated carbocycles. The van der Waals surface area contributed by atoms with Gasteiger partial charge in [-0.05, 0) is 31.6 Å². The van der Waals surface area contributed by atoms with E-state index in [1.54, 1.807) is 11.1 Å². The van der Waals surface area contributed by atoms with Gasteiger partial charge in [-0.2, -0.15) is 0 Å². The van der Waals surface area contributed by atoms with E-state index in [9.17, 15) is 0 Å². The second-order valence-corrected chi connectivity index (χ2v) is 4.61. The summed E-state index contributed by atoms with van der Waals surface area (Å²) in [6.45, 7) is 11.5. The van der Waals surface area contributed by atoms with Crippen LogP contribution in [0.3, 0.4) is 0 Å². The predicted molar refractivity (Wildman–Crippen MR) is 55.1 cm³/mol. The molecule has 12 heavy (non-hydrogen) atoms. The van der Waals surface area contributed by atoms with Crippen molar-refractivity contribution in [3.63, 3.8) is 0 Å². The molecular weight excluding hydrogens is 144 g/mol. The van der Waals surface area contributed by atoms with Crippen molar-refractivity contribution in [1.82, 2.24) is 0 Å². The Morgan fingerprint density at radius 1 is 1.33 bits per heavy atom. The Labute approximate surface area is 76.4 Å². The number of rotatable bonds is 0. The van der Waals surface area contributed by atoms with Crippen molar-refractivity contribution < 1.29 is 0 Å². The van der Waals surface area contributed by atoms with Gasteiger partial charge in [0, 0.05) is 0 Å². The van der Waals surface area contributed by atoms with Crippen LogP contribution < -0.4 is 0 Å². The van der Waals surface area contributed by atoms with Crippen molar-refractivity contribution in [2.75, 3.05) is 0 Å². The normalized spacial score (nSPS) is 28.9. The summed E-state index contributed by atoms with van der Waals surface area (Å²) < 4.78 is 0. The minimum absolute atomic E-state index is 0.335. The van der Waals surface area contributed by atoms with E-state index in [1.165, 1.54) is 0 Å². The first-order valence-electron chi connectivity index (χ1n) is 4.79. The lowest BCUT2D eigenvalue weighted by molar-refractivity contribution is 0.352. The first-order valence-corrected chi connectivity index (χ1v) is 4.79. The molecule has 0 radical (unpaired) electrons. The zero-order chi connectivity index (χ0) is 9.35. The van der Waals surface area contributed by atoms with E-state index >= 15 is 0 Å². The monoisotopic (exact) mass is 164 g/mol. The van der Waals surface area contributed by atoms with Gasteiger partial charge in [0.1, 0.15) is 0 Å². The molecule has 0 spiro atoms. The fraction of sp³-hybridized carbons (Fsp3) is 0.667. The van der Waals surface area contributed by atoms with Gasteiger partial charge in [0.2, 0.25) is 0 Å². The van der Waals surface area contributed by atoms with Gasteiger partial charge in [-0.25, -0.2) is 0 Å². The maximum absolute atomic E-state index is 2.36. The van der Waals surface area contributed by atoms with Gasteiger partial charge >= 0.3 is 0 Å². The molecule has 0 heteroatoms. The minimum Gasteiger partial charge on any atom is -0.0839 e. The smallest absolute Gasteiger partial charge is 0.0112 e. The molecule has 0 bridgehead atoms. The summed E-state index contributed by atoms with van der Waals surface area (Å²) in [7, 11) is 0. The lowest BCUT2D eigenvalue weighted by atomic mass is 9.76. The van der Waals surface area contributed by atoms with Gasteiger partial charge in [-0.3, -0.25) is 0 Å². The standard InChI is InChI=1S/C12H20/c1-9-7-6-8-12(4,5)11(3)10(9)2/h6,8,11H,7H2,1-5H3. The second-order valence-electron chi connectivity index (χ2n) is 4.61. The van der Waals surface area contributed by atoms with Crippen LogP contribution in [-0.2, 0) is 0 Å². The van der Waals surface area contributed by atoms with Crippen LogP contribution in [0.4, 0.5) is 0 Å². The van der Waals surface area contributed by atoms with E-state index in [1.807, 2.05) is 0 Å². The van der Waals surface area contributed by atoms with E-state index in [2.05, 4.69) is 46.8 Å². The van der Waals surface area contributed by atoms with Gasteiger partial charge in [0.15, 0.2) is 0 Å². The predicted octanol–water partition coefficient (Wildman–Crippen LogP) is 3.95. The van der Waals surface area contributed by atoms with Crippen molar-refractivity contribution in [1.29, 1.82) is 0 Å². The zero-order valence-electron chi connectivity index (χ0n) is 8.94. The summed E-state index contributed by atoms with van der Waals surface area (Å²) in [5, 5.41) is 0. The van der Waals surface area contributed by atoms with Crippen molar-refractivity contribution >= 4 is 0 Å². The van der Waals surface area contributed by atoms with Crippen molar-refractivity contribution in [2.45, 2.75) is 41.0 Å². The molecule has 0 aromatic heterocycles. The Hall–Kier alpha value is -0.520. The fourth-order valence-corrected chi connectivity index (χ4v) is 1.77. The van der Waals surface area contributed by atoms with E-state index in [0.717, 1.165) is 6.42 Å². The van der Waals surface area contributed by atoms with Crippen molar-refractivity contribution in [3.8, 4) is 0 Å². The van der Waals surface area contributed by atoms with E-state index < -0.39 is 0 Å². The Bertz CT molecular complexity index is 228. The highest BCUT2D eigenvalue weighted by Crippen LogP contribution is 2.37. The lowest BCUT2D eigenvalue weighted by Gasteiger charge is -2.29. The molecule has 0 nitrogen and oxygen atoms in total. The third kappa shape index (κ3) is 1.63. The average Bonchev–Trinajstić information content (AvgIpc) is 2.06. The summed E-state index contributed by atoms with van der Waals surface area (Å²) in [5.41, 5.74) is 3.45. The highest BCUT2D eigenvalue weighted by molar-refractivity contribution is 5.23. The van der Waals surface area contributed by atoms with Gasteiger partial charge in [0.05, 0.1) is 0 Å². The molecule has 0 fully saturated rings. The highest BCUT2D eigenvalue weighted by atomic mass is 14.3. The van der Waals surface area contributed by atoms with Gasteiger partial charge in [0.25, 0.3) is 0 Å². The summed E-state index contributed by atoms with van der Waals surface area (Å²) in [5.74, 6) is 0.677. The Morgan fingerprint density at radius 3 is 2.50 bits per heavy atom. The zero-order valence-corrected chi connectivity index (χ0v) is 8.94. The van der Waals surface area contributed by atoms with Crippen LogP contribution in [0.2, 0.25) is 0 Å². The molecule has 0 saturated heterocycles. The van der Waals surface area contributed by atoms with Gasteiger partial charge in [-0.15, -0.1) is 0 Å².